The van der Waals surface area contributed by atoms with E-state index in [1.807, 2.05) is 61.5 Å². The van der Waals surface area contributed by atoms with E-state index in [2.05, 4.69) is 5.32 Å². The van der Waals surface area contributed by atoms with Gasteiger partial charge in [-0.2, -0.15) is 0 Å². The van der Waals surface area contributed by atoms with Gasteiger partial charge in [0.25, 0.3) is 0 Å². The Balaban J connectivity index is 2.00. The number of benzene rings is 2. The van der Waals surface area contributed by atoms with Crippen molar-refractivity contribution in [2.45, 2.75) is 12.5 Å². The number of hydrogen-bond acceptors (Lipinski definition) is 2. The SMILES string of the molecule is CO[C@@](C)(CNC(=O)/C=C/c1ccccc1)c1cccc(Cl)c1. The molecule has 0 heterocycles. The summed E-state index contributed by atoms with van der Waals surface area (Å²) < 4.78 is 5.59. The predicted molar refractivity (Wildman–Crippen MR) is 94.3 cm³/mol. The lowest BCUT2D eigenvalue weighted by atomic mass is 9.95. The zero-order valence-electron chi connectivity index (χ0n) is 13.3. The summed E-state index contributed by atoms with van der Waals surface area (Å²) >= 11 is 6.03. The van der Waals surface area contributed by atoms with Crippen LogP contribution in [0.3, 0.4) is 0 Å². The Labute approximate surface area is 141 Å². The fraction of sp³-hybridized carbons (Fsp3) is 0.211. The molecular formula is C19H20ClNO2. The second-order valence-corrected chi connectivity index (χ2v) is 5.84. The summed E-state index contributed by atoms with van der Waals surface area (Å²) in [6.45, 7) is 2.27. The Morgan fingerprint density at radius 2 is 1.96 bits per heavy atom. The van der Waals surface area contributed by atoms with E-state index < -0.39 is 5.60 Å². The van der Waals surface area contributed by atoms with Crippen LogP contribution in [0.25, 0.3) is 6.08 Å². The molecule has 0 aliphatic carbocycles. The molecule has 2 rings (SSSR count). The second kappa shape index (κ2) is 7.95. The Kier molecular flexibility index (Phi) is 5.97. The molecule has 0 saturated carbocycles. The number of methoxy groups -OCH3 is 1. The number of halogens is 1. The van der Waals surface area contributed by atoms with Gasteiger partial charge in [0.05, 0.1) is 6.54 Å². The first-order valence-electron chi connectivity index (χ1n) is 7.36. The van der Waals surface area contributed by atoms with Gasteiger partial charge in [0.1, 0.15) is 5.60 Å². The molecule has 0 unspecified atom stereocenters. The topological polar surface area (TPSA) is 38.3 Å². The van der Waals surface area contributed by atoms with Gasteiger partial charge >= 0.3 is 0 Å². The molecule has 1 N–H and O–H groups in total. The third-order valence-electron chi connectivity index (χ3n) is 3.71. The maximum Gasteiger partial charge on any atom is 0.244 e. The first-order valence-corrected chi connectivity index (χ1v) is 7.73. The zero-order chi connectivity index (χ0) is 16.7. The normalized spacial score (nSPS) is 13.7. The van der Waals surface area contributed by atoms with Crippen LogP contribution in [0.4, 0.5) is 0 Å². The summed E-state index contributed by atoms with van der Waals surface area (Å²) in [5.41, 5.74) is 1.26. The minimum atomic E-state index is -0.638. The lowest BCUT2D eigenvalue weighted by Crippen LogP contribution is -2.39. The highest BCUT2D eigenvalue weighted by Gasteiger charge is 2.26. The Hall–Kier alpha value is -2.10. The molecule has 120 valence electrons. The van der Waals surface area contributed by atoms with Crippen molar-refractivity contribution in [3.05, 3.63) is 76.8 Å². The molecular weight excluding hydrogens is 310 g/mol. The van der Waals surface area contributed by atoms with Crippen LogP contribution in [-0.4, -0.2) is 19.6 Å². The van der Waals surface area contributed by atoms with Crippen molar-refractivity contribution in [1.82, 2.24) is 5.32 Å². The third-order valence-corrected chi connectivity index (χ3v) is 3.95. The van der Waals surface area contributed by atoms with Gasteiger partial charge in [0.15, 0.2) is 0 Å². The quantitative estimate of drug-likeness (QED) is 0.812. The van der Waals surface area contributed by atoms with E-state index in [1.54, 1.807) is 13.2 Å². The molecule has 0 fully saturated rings. The summed E-state index contributed by atoms with van der Waals surface area (Å²) in [4.78, 5) is 12.0. The number of carbonyl (C=O) groups is 1. The highest BCUT2D eigenvalue weighted by Crippen LogP contribution is 2.26. The van der Waals surface area contributed by atoms with E-state index in [1.165, 1.54) is 6.08 Å². The molecule has 1 amide bonds. The Bertz CT molecular complexity index is 685. The van der Waals surface area contributed by atoms with Crippen molar-refractivity contribution in [3.8, 4) is 0 Å². The molecule has 0 bridgehead atoms. The number of amides is 1. The van der Waals surface area contributed by atoms with E-state index in [4.69, 9.17) is 16.3 Å². The highest BCUT2D eigenvalue weighted by atomic mass is 35.5. The van der Waals surface area contributed by atoms with E-state index in [9.17, 15) is 4.79 Å². The molecule has 23 heavy (non-hydrogen) atoms. The van der Waals surface area contributed by atoms with Crippen LogP contribution in [0.15, 0.2) is 60.7 Å². The van der Waals surface area contributed by atoms with Crippen LogP contribution in [0.1, 0.15) is 18.1 Å². The van der Waals surface area contributed by atoms with E-state index in [0.29, 0.717) is 11.6 Å². The standard InChI is InChI=1S/C19H20ClNO2/c1-19(23-2,16-9-6-10-17(20)13-16)14-21-18(22)12-11-15-7-4-3-5-8-15/h3-13H,14H2,1-2H3,(H,21,22)/b12-11+/t19-/m0/s1. The maximum absolute atomic E-state index is 12.0. The number of nitrogens with one attached hydrogen (secondary N) is 1. The molecule has 1 atom stereocenters. The minimum absolute atomic E-state index is 0.167. The molecule has 0 aliphatic rings. The lowest BCUT2D eigenvalue weighted by Gasteiger charge is -2.29. The first kappa shape index (κ1) is 17.3. The highest BCUT2D eigenvalue weighted by molar-refractivity contribution is 6.30. The van der Waals surface area contributed by atoms with Gasteiger partial charge in [-0.25, -0.2) is 0 Å². The van der Waals surface area contributed by atoms with Gasteiger partial charge in [-0.05, 0) is 36.3 Å². The molecule has 0 spiro atoms. The van der Waals surface area contributed by atoms with Crippen LogP contribution < -0.4 is 5.32 Å². The lowest BCUT2D eigenvalue weighted by molar-refractivity contribution is -0.118. The van der Waals surface area contributed by atoms with E-state index >= 15 is 0 Å². The monoisotopic (exact) mass is 329 g/mol. The van der Waals surface area contributed by atoms with Crippen molar-refractivity contribution < 1.29 is 9.53 Å². The summed E-state index contributed by atoms with van der Waals surface area (Å²) in [5.74, 6) is -0.167. The average Bonchev–Trinajstić information content (AvgIpc) is 2.58. The molecule has 0 aromatic heterocycles. The minimum Gasteiger partial charge on any atom is -0.372 e. The van der Waals surface area contributed by atoms with Crippen molar-refractivity contribution in [2.75, 3.05) is 13.7 Å². The van der Waals surface area contributed by atoms with Crippen molar-refractivity contribution >= 4 is 23.6 Å². The summed E-state index contributed by atoms with van der Waals surface area (Å²) in [5, 5.41) is 3.51. The number of hydrogen-bond donors (Lipinski definition) is 1. The summed E-state index contributed by atoms with van der Waals surface area (Å²) in [6, 6.07) is 17.1. The molecule has 0 radical (unpaired) electrons. The van der Waals surface area contributed by atoms with E-state index in [0.717, 1.165) is 11.1 Å². The van der Waals surface area contributed by atoms with Gasteiger partial charge in [-0.15, -0.1) is 0 Å². The van der Waals surface area contributed by atoms with Crippen molar-refractivity contribution in [3.63, 3.8) is 0 Å². The van der Waals surface area contributed by atoms with E-state index in [-0.39, 0.29) is 5.91 Å². The maximum atomic E-state index is 12.0. The van der Waals surface area contributed by atoms with Gasteiger partial charge < -0.3 is 10.1 Å². The predicted octanol–water partition coefficient (Wildman–Crippen LogP) is 4.03. The number of carbonyl (C=O) groups excluding carboxylic acids is 1. The van der Waals surface area contributed by atoms with Gasteiger partial charge in [0, 0.05) is 18.2 Å². The van der Waals surface area contributed by atoms with Crippen LogP contribution >= 0.6 is 11.6 Å². The van der Waals surface area contributed by atoms with Gasteiger partial charge in [-0.3, -0.25) is 4.79 Å². The molecule has 3 nitrogen and oxygen atoms in total. The Morgan fingerprint density at radius 3 is 2.61 bits per heavy atom. The number of ether oxygens (including phenoxy) is 1. The van der Waals surface area contributed by atoms with Gasteiger partial charge in [-0.1, -0.05) is 54.1 Å². The fourth-order valence-corrected chi connectivity index (χ4v) is 2.35. The third kappa shape index (κ3) is 4.95. The van der Waals surface area contributed by atoms with Crippen molar-refractivity contribution in [1.29, 1.82) is 0 Å². The first-order chi connectivity index (χ1) is 11.0. The van der Waals surface area contributed by atoms with Crippen LogP contribution in [-0.2, 0) is 15.1 Å². The smallest absolute Gasteiger partial charge is 0.244 e. The molecule has 4 heteroatoms. The molecule has 0 aliphatic heterocycles. The van der Waals surface area contributed by atoms with Crippen LogP contribution in [0.2, 0.25) is 5.02 Å². The van der Waals surface area contributed by atoms with Crippen molar-refractivity contribution in [2.24, 2.45) is 0 Å². The second-order valence-electron chi connectivity index (χ2n) is 5.41. The van der Waals surface area contributed by atoms with Crippen LogP contribution in [0, 0.1) is 0 Å². The molecule has 0 saturated heterocycles. The molecule has 2 aromatic carbocycles. The number of rotatable bonds is 6. The summed E-state index contributed by atoms with van der Waals surface area (Å²) in [7, 11) is 1.62. The Morgan fingerprint density at radius 1 is 1.22 bits per heavy atom. The summed E-state index contributed by atoms with van der Waals surface area (Å²) in [6.07, 6.45) is 3.29. The fourth-order valence-electron chi connectivity index (χ4n) is 2.16. The van der Waals surface area contributed by atoms with Crippen LogP contribution in [0.5, 0.6) is 0 Å². The zero-order valence-corrected chi connectivity index (χ0v) is 14.0. The largest absolute Gasteiger partial charge is 0.372 e. The molecule has 2 aromatic rings. The average molecular weight is 330 g/mol. The van der Waals surface area contributed by atoms with Gasteiger partial charge in [0.2, 0.25) is 5.91 Å².